The minimum atomic E-state index is -4.64. The molecule has 1 aromatic rings. The van der Waals surface area contributed by atoms with E-state index in [0.29, 0.717) is 5.92 Å². The molecule has 1 N–H and O–H groups in total. The van der Waals surface area contributed by atoms with Crippen LogP contribution in [0.1, 0.15) is 50.1 Å². The number of hydrogen-bond donors (Lipinski definition) is 1. The van der Waals surface area contributed by atoms with Crippen molar-refractivity contribution in [2.45, 2.75) is 50.9 Å². The number of hydrogen-bond acceptors (Lipinski definition) is 2. The van der Waals surface area contributed by atoms with E-state index in [0.717, 1.165) is 18.4 Å². The number of nitrogens with one attached hydrogen (secondary N) is 1. The maximum atomic E-state index is 12.3. The molecule has 5 heteroatoms. The van der Waals surface area contributed by atoms with Gasteiger partial charge in [0.15, 0.2) is 0 Å². The highest BCUT2D eigenvalue weighted by atomic mass is 19.4. The zero-order valence-electron chi connectivity index (χ0n) is 12.2. The van der Waals surface area contributed by atoms with Crippen molar-refractivity contribution in [2.75, 3.05) is 7.05 Å². The molecule has 2 rings (SSSR count). The second kappa shape index (κ2) is 7.16. The van der Waals surface area contributed by atoms with Crippen molar-refractivity contribution in [3.05, 3.63) is 29.8 Å². The molecule has 1 aromatic carbocycles. The first-order valence-corrected chi connectivity index (χ1v) is 7.52. The van der Waals surface area contributed by atoms with Crippen LogP contribution >= 0.6 is 0 Å². The molecule has 0 bridgehead atoms. The Bertz CT molecular complexity index is 439. The molecule has 0 heterocycles. The fourth-order valence-electron chi connectivity index (χ4n) is 3.22. The SMILES string of the molecule is CNC(c1cccc(OC(F)(F)F)c1)C1CCCCCC1. The first-order chi connectivity index (χ1) is 9.99. The monoisotopic (exact) mass is 301 g/mol. The minimum Gasteiger partial charge on any atom is -0.406 e. The fourth-order valence-corrected chi connectivity index (χ4v) is 3.22. The lowest BCUT2D eigenvalue weighted by Gasteiger charge is -2.26. The summed E-state index contributed by atoms with van der Waals surface area (Å²) in [5.74, 6) is 0.326. The molecule has 1 fully saturated rings. The molecule has 0 amide bonds. The second-order valence-corrected chi connectivity index (χ2v) is 5.64. The van der Waals surface area contributed by atoms with Gasteiger partial charge in [0.1, 0.15) is 5.75 Å². The second-order valence-electron chi connectivity index (χ2n) is 5.64. The van der Waals surface area contributed by atoms with E-state index in [1.165, 1.54) is 37.8 Å². The molecular weight excluding hydrogens is 279 g/mol. The molecule has 21 heavy (non-hydrogen) atoms. The molecule has 2 nitrogen and oxygen atoms in total. The van der Waals surface area contributed by atoms with Crippen molar-refractivity contribution in [1.29, 1.82) is 0 Å². The van der Waals surface area contributed by atoms with Crippen molar-refractivity contribution in [1.82, 2.24) is 5.32 Å². The normalized spacial score (nSPS) is 19.0. The number of alkyl halides is 3. The van der Waals surface area contributed by atoms with Crippen LogP contribution in [-0.2, 0) is 0 Å². The Morgan fingerprint density at radius 3 is 2.38 bits per heavy atom. The molecular formula is C16H22F3NO. The predicted octanol–water partition coefficient (Wildman–Crippen LogP) is 4.82. The van der Waals surface area contributed by atoms with Crippen LogP contribution in [0.2, 0.25) is 0 Å². The van der Waals surface area contributed by atoms with E-state index in [2.05, 4.69) is 10.1 Å². The van der Waals surface area contributed by atoms with E-state index < -0.39 is 6.36 Å². The third-order valence-electron chi connectivity index (χ3n) is 4.13. The van der Waals surface area contributed by atoms with Gasteiger partial charge in [0.25, 0.3) is 0 Å². The van der Waals surface area contributed by atoms with Crippen LogP contribution in [0.3, 0.4) is 0 Å². The molecule has 1 aliphatic rings. The van der Waals surface area contributed by atoms with E-state index >= 15 is 0 Å². The largest absolute Gasteiger partial charge is 0.573 e. The average Bonchev–Trinajstić information content (AvgIpc) is 2.67. The summed E-state index contributed by atoms with van der Waals surface area (Å²) in [6.07, 6.45) is 2.50. The number of benzene rings is 1. The molecule has 0 aromatic heterocycles. The maximum Gasteiger partial charge on any atom is 0.573 e. The van der Waals surface area contributed by atoms with Crippen molar-refractivity contribution >= 4 is 0 Å². The van der Waals surface area contributed by atoms with Gasteiger partial charge in [-0.25, -0.2) is 0 Å². The third kappa shape index (κ3) is 4.92. The molecule has 0 saturated heterocycles. The summed E-state index contributed by atoms with van der Waals surface area (Å²) in [4.78, 5) is 0. The Labute approximate surface area is 123 Å². The summed E-state index contributed by atoms with van der Waals surface area (Å²) in [7, 11) is 1.87. The smallest absolute Gasteiger partial charge is 0.406 e. The molecule has 1 unspecified atom stereocenters. The van der Waals surface area contributed by atoms with Gasteiger partial charge in [0, 0.05) is 6.04 Å². The van der Waals surface area contributed by atoms with E-state index in [4.69, 9.17) is 0 Å². The highest BCUT2D eigenvalue weighted by Gasteiger charge is 2.31. The molecule has 1 aliphatic carbocycles. The summed E-state index contributed by atoms with van der Waals surface area (Å²) in [6, 6.07) is 6.42. The average molecular weight is 301 g/mol. The Morgan fingerprint density at radius 1 is 1.14 bits per heavy atom. The van der Waals surface area contributed by atoms with Gasteiger partial charge in [-0.15, -0.1) is 13.2 Å². The van der Waals surface area contributed by atoms with Gasteiger partial charge in [-0.05, 0) is 43.5 Å². The van der Waals surface area contributed by atoms with Crippen molar-refractivity contribution < 1.29 is 17.9 Å². The first kappa shape index (κ1) is 16.1. The quantitative estimate of drug-likeness (QED) is 0.805. The van der Waals surface area contributed by atoms with Crippen molar-refractivity contribution in [2.24, 2.45) is 5.92 Å². The molecule has 0 spiro atoms. The van der Waals surface area contributed by atoms with Gasteiger partial charge in [0.2, 0.25) is 0 Å². The topological polar surface area (TPSA) is 21.3 Å². The standard InChI is InChI=1S/C16H22F3NO/c1-20-15(12-7-4-2-3-5-8-12)13-9-6-10-14(11-13)21-16(17,18)19/h6,9-12,15,20H,2-5,7-8H2,1H3. The van der Waals surface area contributed by atoms with E-state index in [1.807, 2.05) is 13.1 Å². The van der Waals surface area contributed by atoms with Crippen LogP contribution in [0.25, 0.3) is 0 Å². The minimum absolute atomic E-state index is 0.0832. The summed E-state index contributed by atoms with van der Waals surface area (Å²) in [6.45, 7) is 0. The van der Waals surface area contributed by atoms with Crippen molar-refractivity contribution in [3.8, 4) is 5.75 Å². The summed E-state index contributed by atoms with van der Waals surface area (Å²) < 4.78 is 41.0. The van der Waals surface area contributed by atoms with E-state index in [1.54, 1.807) is 6.07 Å². The van der Waals surface area contributed by atoms with Crippen LogP contribution in [0.15, 0.2) is 24.3 Å². The van der Waals surface area contributed by atoms with Gasteiger partial charge < -0.3 is 10.1 Å². The summed E-state index contributed by atoms with van der Waals surface area (Å²) in [5.41, 5.74) is 0.867. The van der Waals surface area contributed by atoms with Gasteiger partial charge in [0.05, 0.1) is 0 Å². The van der Waals surface area contributed by atoms with Gasteiger partial charge >= 0.3 is 6.36 Å². The number of halogens is 3. The van der Waals surface area contributed by atoms with E-state index in [9.17, 15) is 13.2 Å². The highest BCUT2D eigenvalue weighted by Crippen LogP contribution is 2.35. The Balaban J connectivity index is 2.15. The molecule has 1 saturated carbocycles. The van der Waals surface area contributed by atoms with Crippen molar-refractivity contribution in [3.63, 3.8) is 0 Å². The maximum absolute atomic E-state index is 12.3. The van der Waals surface area contributed by atoms with Crippen LogP contribution in [-0.4, -0.2) is 13.4 Å². The van der Waals surface area contributed by atoms with E-state index in [-0.39, 0.29) is 11.8 Å². The van der Waals surface area contributed by atoms with Crippen LogP contribution in [0.4, 0.5) is 13.2 Å². The lowest BCUT2D eigenvalue weighted by atomic mass is 9.87. The van der Waals surface area contributed by atoms with Crippen LogP contribution in [0, 0.1) is 5.92 Å². The Hall–Kier alpha value is -1.23. The van der Waals surface area contributed by atoms with Gasteiger partial charge in [-0.1, -0.05) is 37.8 Å². The van der Waals surface area contributed by atoms with Gasteiger partial charge in [-0.3, -0.25) is 0 Å². The number of ether oxygens (including phenoxy) is 1. The van der Waals surface area contributed by atoms with Crippen LogP contribution in [0.5, 0.6) is 5.75 Å². The zero-order chi connectivity index (χ0) is 15.3. The summed E-state index contributed by atoms with van der Waals surface area (Å²) in [5, 5.41) is 3.27. The Morgan fingerprint density at radius 2 is 1.81 bits per heavy atom. The molecule has 0 radical (unpaired) electrons. The lowest BCUT2D eigenvalue weighted by Crippen LogP contribution is -2.25. The summed E-state index contributed by atoms with van der Waals surface area (Å²) >= 11 is 0. The number of rotatable bonds is 4. The van der Waals surface area contributed by atoms with Gasteiger partial charge in [-0.2, -0.15) is 0 Å². The van der Waals surface area contributed by atoms with Crippen LogP contribution < -0.4 is 10.1 Å². The fraction of sp³-hybridized carbons (Fsp3) is 0.625. The lowest BCUT2D eigenvalue weighted by molar-refractivity contribution is -0.274. The molecule has 1 atom stereocenters. The molecule has 118 valence electrons. The predicted molar refractivity (Wildman–Crippen MR) is 76.1 cm³/mol. The molecule has 0 aliphatic heterocycles. The first-order valence-electron chi connectivity index (χ1n) is 7.52. The zero-order valence-corrected chi connectivity index (χ0v) is 12.2. The highest BCUT2D eigenvalue weighted by molar-refractivity contribution is 5.31. The third-order valence-corrected chi connectivity index (χ3v) is 4.13. The Kier molecular flexibility index (Phi) is 5.51.